The number of fused-ring (bicyclic) bond motifs is 2. The van der Waals surface area contributed by atoms with Crippen LogP contribution in [0.4, 0.5) is 5.00 Å². The topological polar surface area (TPSA) is 81.2 Å². The molecule has 0 atom stereocenters. The zero-order valence-electron chi connectivity index (χ0n) is 17.2. The minimum absolute atomic E-state index is 0.155. The van der Waals surface area contributed by atoms with E-state index in [1.165, 1.54) is 40.0 Å². The number of carbonyl (C=O) groups excluding carboxylic acids is 2. The normalized spacial score (nSPS) is 13.7. The Balaban J connectivity index is 1.53. The Bertz CT molecular complexity index is 1120. The number of amides is 1. The molecule has 0 aliphatic heterocycles. The molecule has 3 aromatic rings. The number of thioether (sulfide) groups is 1. The second kappa shape index (κ2) is 9.03. The van der Waals surface area contributed by atoms with Crippen LogP contribution >= 0.6 is 34.4 Å². The van der Waals surface area contributed by atoms with Crippen LogP contribution in [0.1, 0.15) is 50.5 Å². The van der Waals surface area contributed by atoms with Crippen LogP contribution in [0.5, 0.6) is 0 Å². The fourth-order valence-electron chi connectivity index (χ4n) is 3.70. The summed E-state index contributed by atoms with van der Waals surface area (Å²) in [6, 6.07) is 0. The number of thiophene rings is 2. The summed E-state index contributed by atoms with van der Waals surface area (Å²) in [4.78, 5) is 37.3. The smallest absolute Gasteiger partial charge is 0.341 e. The summed E-state index contributed by atoms with van der Waals surface area (Å²) in [5.74, 6) is -0.318. The van der Waals surface area contributed by atoms with E-state index in [9.17, 15) is 9.59 Å². The second-order valence-electron chi connectivity index (χ2n) is 7.24. The van der Waals surface area contributed by atoms with Crippen LogP contribution in [-0.4, -0.2) is 34.7 Å². The quantitative estimate of drug-likeness (QED) is 0.245. The van der Waals surface area contributed by atoms with E-state index in [1.807, 2.05) is 0 Å². The van der Waals surface area contributed by atoms with E-state index in [2.05, 4.69) is 29.1 Å². The van der Waals surface area contributed by atoms with Crippen LogP contribution in [0.25, 0.3) is 10.2 Å². The zero-order valence-corrected chi connectivity index (χ0v) is 19.6. The third-order valence-corrected chi connectivity index (χ3v) is 8.65. The molecule has 0 radical (unpaired) electrons. The maximum absolute atomic E-state index is 12.7. The Morgan fingerprint density at radius 3 is 2.77 bits per heavy atom. The number of hydrogen-bond donors (Lipinski definition) is 1. The van der Waals surface area contributed by atoms with Crippen LogP contribution in [0.3, 0.4) is 0 Å². The number of rotatable bonds is 5. The number of carbonyl (C=O) groups is 2. The molecule has 6 nitrogen and oxygen atoms in total. The summed E-state index contributed by atoms with van der Waals surface area (Å²) < 4.78 is 5.01. The van der Waals surface area contributed by atoms with E-state index in [0.29, 0.717) is 10.6 Å². The number of methoxy groups -OCH3 is 1. The summed E-state index contributed by atoms with van der Waals surface area (Å²) >= 11 is 4.55. The lowest BCUT2D eigenvalue weighted by Crippen LogP contribution is -2.16. The molecule has 0 bridgehead atoms. The van der Waals surface area contributed by atoms with Crippen LogP contribution in [-0.2, 0) is 22.4 Å². The molecule has 1 aliphatic rings. The van der Waals surface area contributed by atoms with Gasteiger partial charge in [-0.25, -0.2) is 14.8 Å². The van der Waals surface area contributed by atoms with Crippen molar-refractivity contribution in [3.05, 3.63) is 32.8 Å². The molecule has 0 saturated heterocycles. The minimum atomic E-state index is -0.376. The molecule has 4 rings (SSSR count). The number of nitrogens with one attached hydrogen (secondary N) is 1. The highest BCUT2D eigenvalue weighted by Crippen LogP contribution is 2.38. The molecule has 0 saturated carbocycles. The first kappa shape index (κ1) is 21.3. The van der Waals surface area contributed by atoms with Crippen molar-refractivity contribution in [2.75, 3.05) is 18.2 Å². The summed E-state index contributed by atoms with van der Waals surface area (Å²) in [5, 5.41) is 5.40. The minimum Gasteiger partial charge on any atom is -0.465 e. The monoisotopic (exact) mass is 461 g/mol. The summed E-state index contributed by atoms with van der Waals surface area (Å²) in [7, 11) is 1.39. The zero-order chi connectivity index (χ0) is 21.3. The Kier molecular flexibility index (Phi) is 6.40. The summed E-state index contributed by atoms with van der Waals surface area (Å²) in [5.41, 5.74) is 2.74. The van der Waals surface area contributed by atoms with Crippen molar-refractivity contribution >= 4 is 61.5 Å². The van der Waals surface area contributed by atoms with Crippen molar-refractivity contribution in [3.63, 3.8) is 0 Å². The number of ether oxygens (including phenoxy) is 1. The molecule has 1 N–H and O–H groups in total. The Labute approximate surface area is 187 Å². The standard InChI is InChI=1S/C21H23N3O3S3/c1-11-12(2)29-19-16(11)18(22-10-23-19)28-9-15(25)24-20-17(21(26)27-3)13-7-5-4-6-8-14(13)30-20/h10H,4-9H2,1-3H3,(H,24,25). The molecule has 3 aromatic heterocycles. The van der Waals surface area contributed by atoms with Crippen LogP contribution in [0, 0.1) is 13.8 Å². The van der Waals surface area contributed by atoms with Gasteiger partial charge < -0.3 is 10.1 Å². The molecule has 1 aliphatic carbocycles. The van der Waals surface area contributed by atoms with Gasteiger partial charge in [0, 0.05) is 15.1 Å². The fourth-order valence-corrected chi connectivity index (χ4v) is 6.92. The Morgan fingerprint density at radius 2 is 1.97 bits per heavy atom. The first-order valence-corrected chi connectivity index (χ1v) is 12.5. The van der Waals surface area contributed by atoms with Crippen LogP contribution < -0.4 is 5.32 Å². The average molecular weight is 462 g/mol. The molecule has 0 spiro atoms. The van der Waals surface area contributed by atoms with E-state index >= 15 is 0 Å². The van der Waals surface area contributed by atoms with Crippen molar-refractivity contribution in [3.8, 4) is 0 Å². The van der Waals surface area contributed by atoms with Crippen molar-refractivity contribution in [1.82, 2.24) is 9.97 Å². The van der Waals surface area contributed by atoms with E-state index in [4.69, 9.17) is 4.74 Å². The molecule has 0 aromatic carbocycles. The lowest BCUT2D eigenvalue weighted by molar-refractivity contribution is -0.113. The number of hydrogen-bond acceptors (Lipinski definition) is 8. The molecule has 3 heterocycles. The number of aromatic nitrogens is 2. The predicted octanol–water partition coefficient (Wildman–Crippen LogP) is 5.16. The highest BCUT2D eigenvalue weighted by Gasteiger charge is 2.26. The SMILES string of the molecule is COC(=O)c1c(NC(=O)CSc2ncnc3sc(C)c(C)c23)sc2c1CCCCC2. The predicted molar refractivity (Wildman–Crippen MR) is 123 cm³/mol. The summed E-state index contributed by atoms with van der Waals surface area (Å²) in [6.45, 7) is 4.13. The van der Waals surface area contributed by atoms with Crippen molar-refractivity contribution < 1.29 is 14.3 Å². The molecule has 9 heteroatoms. The highest BCUT2D eigenvalue weighted by molar-refractivity contribution is 8.00. The summed E-state index contributed by atoms with van der Waals surface area (Å²) in [6.07, 6.45) is 6.68. The van der Waals surface area contributed by atoms with Gasteiger partial charge >= 0.3 is 5.97 Å². The van der Waals surface area contributed by atoms with Crippen LogP contribution in [0.2, 0.25) is 0 Å². The number of anilines is 1. The van der Waals surface area contributed by atoms with E-state index < -0.39 is 0 Å². The first-order chi connectivity index (χ1) is 14.5. The van der Waals surface area contributed by atoms with Gasteiger partial charge in [-0.2, -0.15) is 0 Å². The highest BCUT2D eigenvalue weighted by atomic mass is 32.2. The Morgan fingerprint density at radius 1 is 1.17 bits per heavy atom. The van der Waals surface area contributed by atoms with Gasteiger partial charge in [0.2, 0.25) is 5.91 Å². The maximum Gasteiger partial charge on any atom is 0.341 e. The third-order valence-electron chi connectivity index (χ3n) is 5.33. The fraction of sp³-hybridized carbons (Fsp3) is 0.429. The lowest BCUT2D eigenvalue weighted by atomic mass is 10.1. The van der Waals surface area contributed by atoms with Gasteiger partial charge in [0.15, 0.2) is 0 Å². The molecule has 0 fully saturated rings. The van der Waals surface area contributed by atoms with Crippen molar-refractivity contribution in [2.24, 2.45) is 0 Å². The average Bonchev–Trinajstić information content (AvgIpc) is 3.11. The van der Waals surface area contributed by atoms with Gasteiger partial charge in [-0.05, 0) is 50.7 Å². The molecular weight excluding hydrogens is 438 g/mol. The van der Waals surface area contributed by atoms with Gasteiger partial charge in [0.05, 0.1) is 18.4 Å². The largest absolute Gasteiger partial charge is 0.465 e. The van der Waals surface area contributed by atoms with Gasteiger partial charge in [0.25, 0.3) is 0 Å². The second-order valence-corrected chi connectivity index (χ2v) is 10.5. The van der Waals surface area contributed by atoms with E-state index in [1.54, 1.807) is 17.7 Å². The molecule has 30 heavy (non-hydrogen) atoms. The molecular formula is C21H23N3O3S3. The van der Waals surface area contributed by atoms with Gasteiger partial charge in [-0.1, -0.05) is 18.2 Å². The Hall–Kier alpha value is -1.97. The first-order valence-electron chi connectivity index (χ1n) is 9.85. The van der Waals surface area contributed by atoms with E-state index in [-0.39, 0.29) is 17.6 Å². The van der Waals surface area contributed by atoms with Gasteiger partial charge in [0.1, 0.15) is 21.2 Å². The molecule has 0 unspecified atom stereocenters. The van der Waals surface area contributed by atoms with Gasteiger partial charge in [-0.15, -0.1) is 22.7 Å². The van der Waals surface area contributed by atoms with E-state index in [0.717, 1.165) is 58.5 Å². The number of aryl methyl sites for hydroxylation is 3. The van der Waals surface area contributed by atoms with Crippen molar-refractivity contribution in [2.45, 2.75) is 51.0 Å². The lowest BCUT2D eigenvalue weighted by Gasteiger charge is -2.08. The molecule has 1 amide bonds. The van der Waals surface area contributed by atoms with Crippen molar-refractivity contribution in [1.29, 1.82) is 0 Å². The number of nitrogens with zero attached hydrogens (tertiary/aromatic N) is 2. The maximum atomic E-state index is 12.7. The third kappa shape index (κ3) is 4.10. The number of esters is 1. The van der Waals surface area contributed by atoms with Gasteiger partial charge in [-0.3, -0.25) is 4.79 Å². The molecule has 158 valence electrons. The van der Waals surface area contributed by atoms with Crippen LogP contribution in [0.15, 0.2) is 11.4 Å².